The molecule has 0 bridgehead atoms. The Bertz CT molecular complexity index is 203. The molecule has 0 aromatic rings. The van der Waals surface area contributed by atoms with E-state index in [4.69, 9.17) is 19.8 Å². The Balaban J connectivity index is -0.000000102. The number of hydrogen-bond donors (Lipinski definition) is 1. The number of ether oxygens (including phenoxy) is 4. The standard InChI is InChI=1S/C4H8O2.C4H10O2.C3H7NO.C2H3N.C2H6O/c1-2-6-4-3-5-1;1-5-3-4-6-2;1-4(2)3-5;2*1-2-3/h1-4H2;3-4H2,1-2H3;3H,1-2H3;1H3;3H,2H2,1H3. The van der Waals surface area contributed by atoms with Crippen LogP contribution in [0.15, 0.2) is 0 Å². The molecule has 1 saturated heterocycles. The number of nitriles is 1. The van der Waals surface area contributed by atoms with Crippen molar-refractivity contribution in [2.75, 3.05) is 74.6 Å². The van der Waals surface area contributed by atoms with E-state index in [0.717, 1.165) is 32.8 Å². The van der Waals surface area contributed by atoms with Crippen LogP contribution in [0.4, 0.5) is 0 Å². The molecule has 1 rings (SSSR count). The van der Waals surface area contributed by atoms with E-state index >= 15 is 0 Å². The first kappa shape index (κ1) is 29.7. The topological polar surface area (TPSA) is 101 Å². The molecule has 1 heterocycles. The Morgan fingerprint density at radius 2 is 1.35 bits per heavy atom. The maximum atomic E-state index is 9.43. The predicted octanol–water partition coefficient (Wildman–Crippen LogP) is 0.545. The van der Waals surface area contributed by atoms with Gasteiger partial charge in [-0.25, -0.2) is 0 Å². The normalized spacial score (nSPS) is 11.2. The van der Waals surface area contributed by atoms with Crippen molar-refractivity contribution < 1.29 is 28.8 Å². The van der Waals surface area contributed by atoms with Crippen LogP contribution in [0.3, 0.4) is 0 Å². The SMILES string of the molecule is C1COCCO1.CC#N.CCO.CN(C)C=O.COCCOC. The lowest BCUT2D eigenvalue weighted by Gasteiger charge is -2.09. The molecule has 0 atom stereocenters. The number of rotatable bonds is 4. The summed E-state index contributed by atoms with van der Waals surface area (Å²) in [7, 11) is 6.68. The van der Waals surface area contributed by atoms with Gasteiger partial charge in [-0.05, 0) is 6.92 Å². The molecular formula is C15H34N2O6. The third-order valence-corrected chi connectivity index (χ3v) is 1.45. The Hall–Kier alpha value is -1.24. The van der Waals surface area contributed by atoms with Gasteiger partial charge in [0.25, 0.3) is 0 Å². The number of amides is 1. The van der Waals surface area contributed by atoms with Gasteiger partial charge in [0.05, 0.1) is 45.7 Å². The Morgan fingerprint density at radius 1 is 1.13 bits per heavy atom. The van der Waals surface area contributed by atoms with Crippen LogP contribution >= 0.6 is 0 Å². The van der Waals surface area contributed by atoms with Gasteiger partial charge in [0, 0.05) is 41.8 Å². The largest absolute Gasteiger partial charge is 0.397 e. The summed E-state index contributed by atoms with van der Waals surface area (Å²) < 4.78 is 19.2. The lowest BCUT2D eigenvalue weighted by atomic mass is 10.6. The van der Waals surface area contributed by atoms with Crippen molar-refractivity contribution in [1.29, 1.82) is 5.26 Å². The molecule has 1 N–H and O–H groups in total. The van der Waals surface area contributed by atoms with E-state index in [9.17, 15) is 4.79 Å². The van der Waals surface area contributed by atoms with Crippen molar-refractivity contribution in [1.82, 2.24) is 4.90 Å². The van der Waals surface area contributed by atoms with Gasteiger partial charge in [0.15, 0.2) is 0 Å². The van der Waals surface area contributed by atoms with Crippen molar-refractivity contribution in [3.63, 3.8) is 0 Å². The predicted molar refractivity (Wildman–Crippen MR) is 89.2 cm³/mol. The molecule has 23 heavy (non-hydrogen) atoms. The molecule has 0 aliphatic carbocycles. The first-order chi connectivity index (χ1) is 11.0. The summed E-state index contributed by atoms with van der Waals surface area (Å²) in [5, 5.41) is 14.9. The van der Waals surface area contributed by atoms with Crippen LogP contribution in [-0.4, -0.2) is 91.0 Å². The minimum absolute atomic E-state index is 0.250. The fourth-order valence-electron chi connectivity index (χ4n) is 0.606. The maximum absolute atomic E-state index is 9.43. The van der Waals surface area contributed by atoms with Gasteiger partial charge in [-0.3, -0.25) is 4.79 Å². The number of methoxy groups -OCH3 is 2. The van der Waals surface area contributed by atoms with E-state index < -0.39 is 0 Å². The Labute approximate surface area is 140 Å². The number of nitrogens with zero attached hydrogens (tertiary/aromatic N) is 2. The molecule has 8 heteroatoms. The van der Waals surface area contributed by atoms with Crippen LogP contribution in [0, 0.1) is 11.3 Å². The maximum Gasteiger partial charge on any atom is 0.209 e. The quantitative estimate of drug-likeness (QED) is 0.590. The molecule has 0 radical (unpaired) electrons. The highest BCUT2D eigenvalue weighted by Crippen LogP contribution is 1.85. The molecule has 1 amide bonds. The molecule has 1 aliphatic heterocycles. The molecular weight excluding hydrogens is 304 g/mol. The zero-order valence-corrected chi connectivity index (χ0v) is 15.4. The number of carbonyl (C=O) groups excluding carboxylic acids is 1. The highest BCUT2D eigenvalue weighted by Gasteiger charge is 1.94. The summed E-state index contributed by atoms with van der Waals surface area (Å²) in [6, 6.07) is 1.75. The second-order valence-electron chi connectivity index (χ2n) is 3.82. The smallest absolute Gasteiger partial charge is 0.209 e. The van der Waals surface area contributed by atoms with Crippen LogP contribution in [0.2, 0.25) is 0 Å². The monoisotopic (exact) mass is 338 g/mol. The van der Waals surface area contributed by atoms with Crippen molar-refractivity contribution in [2.24, 2.45) is 0 Å². The van der Waals surface area contributed by atoms with Crippen LogP contribution in [0.25, 0.3) is 0 Å². The van der Waals surface area contributed by atoms with E-state index in [1.54, 1.807) is 41.3 Å². The van der Waals surface area contributed by atoms with Crippen LogP contribution in [-0.2, 0) is 23.7 Å². The van der Waals surface area contributed by atoms with Crippen LogP contribution in [0.1, 0.15) is 13.8 Å². The van der Waals surface area contributed by atoms with Gasteiger partial charge in [-0.1, -0.05) is 0 Å². The average Bonchev–Trinajstić information content (AvgIpc) is 2.57. The highest BCUT2D eigenvalue weighted by atomic mass is 16.6. The summed E-state index contributed by atoms with van der Waals surface area (Å²) >= 11 is 0. The summed E-state index contributed by atoms with van der Waals surface area (Å²) in [6.45, 7) is 7.85. The van der Waals surface area contributed by atoms with Crippen LogP contribution in [0.5, 0.6) is 0 Å². The van der Waals surface area contributed by atoms with Crippen molar-refractivity contribution in [2.45, 2.75) is 13.8 Å². The van der Waals surface area contributed by atoms with E-state index in [2.05, 4.69) is 9.47 Å². The molecule has 0 saturated carbocycles. The fraction of sp³-hybridized carbons (Fsp3) is 0.867. The summed E-state index contributed by atoms with van der Waals surface area (Å²) in [4.78, 5) is 10.9. The molecule has 1 fully saturated rings. The molecule has 0 unspecified atom stereocenters. The van der Waals surface area contributed by atoms with Gasteiger partial charge in [0.2, 0.25) is 6.41 Å². The minimum atomic E-state index is 0.250. The van der Waals surface area contributed by atoms with E-state index in [1.807, 2.05) is 0 Å². The molecule has 0 aromatic carbocycles. The first-order valence-electron chi connectivity index (χ1n) is 7.18. The summed E-state index contributed by atoms with van der Waals surface area (Å²) in [6.07, 6.45) is 0.750. The number of carbonyl (C=O) groups is 1. The molecule has 0 spiro atoms. The van der Waals surface area contributed by atoms with Gasteiger partial charge in [0.1, 0.15) is 0 Å². The second-order valence-corrected chi connectivity index (χ2v) is 3.82. The van der Waals surface area contributed by atoms with Crippen molar-refractivity contribution in [3.8, 4) is 6.07 Å². The molecule has 8 nitrogen and oxygen atoms in total. The Morgan fingerprint density at radius 3 is 1.43 bits per heavy atom. The average molecular weight is 338 g/mol. The molecule has 0 aromatic heterocycles. The van der Waals surface area contributed by atoms with Crippen molar-refractivity contribution in [3.05, 3.63) is 0 Å². The summed E-state index contributed by atoms with van der Waals surface area (Å²) in [5.74, 6) is 0. The minimum Gasteiger partial charge on any atom is -0.397 e. The number of aliphatic hydroxyl groups excluding tert-OH is 1. The van der Waals surface area contributed by atoms with Crippen LogP contribution < -0.4 is 0 Å². The Kier molecular flexibility index (Phi) is 48.1. The van der Waals surface area contributed by atoms with Gasteiger partial charge < -0.3 is 29.0 Å². The highest BCUT2D eigenvalue weighted by molar-refractivity contribution is 5.45. The van der Waals surface area contributed by atoms with E-state index in [1.165, 1.54) is 11.8 Å². The third-order valence-electron chi connectivity index (χ3n) is 1.45. The fourth-order valence-corrected chi connectivity index (χ4v) is 0.606. The van der Waals surface area contributed by atoms with E-state index in [0.29, 0.717) is 13.2 Å². The molecule has 140 valence electrons. The zero-order valence-electron chi connectivity index (χ0n) is 15.4. The van der Waals surface area contributed by atoms with E-state index in [-0.39, 0.29) is 6.61 Å². The van der Waals surface area contributed by atoms with Gasteiger partial charge >= 0.3 is 0 Å². The number of aliphatic hydroxyl groups is 1. The third kappa shape index (κ3) is 76.7. The van der Waals surface area contributed by atoms with Gasteiger partial charge in [-0.15, -0.1) is 0 Å². The summed E-state index contributed by atoms with van der Waals surface area (Å²) in [5.41, 5.74) is 0. The lowest BCUT2D eigenvalue weighted by molar-refractivity contribution is -0.115. The van der Waals surface area contributed by atoms with Gasteiger partial charge in [-0.2, -0.15) is 5.26 Å². The second kappa shape index (κ2) is 37.2. The number of hydrogen-bond acceptors (Lipinski definition) is 7. The zero-order chi connectivity index (χ0) is 18.8. The van der Waals surface area contributed by atoms with Crippen molar-refractivity contribution >= 4 is 6.41 Å². The first-order valence-corrected chi connectivity index (χ1v) is 7.18. The molecule has 1 aliphatic rings. The lowest BCUT2D eigenvalue weighted by Crippen LogP contribution is -2.16.